The van der Waals surface area contributed by atoms with Gasteiger partial charge >= 0.3 is 0 Å². The van der Waals surface area contributed by atoms with Crippen LogP contribution in [0.4, 0.5) is 0 Å². The van der Waals surface area contributed by atoms with Gasteiger partial charge in [0.2, 0.25) is 0 Å². The van der Waals surface area contributed by atoms with E-state index in [1.54, 1.807) is 18.0 Å². The summed E-state index contributed by atoms with van der Waals surface area (Å²) in [5, 5.41) is 16.7. The summed E-state index contributed by atoms with van der Waals surface area (Å²) >= 11 is 1.61. The molecule has 0 aliphatic rings. The SMILES string of the molecule is CSc1cccc(OCc2cn(CCC(C)(C(=O)NO)S(C)(=O)=O)nn2)c1. The molecule has 1 atom stereocenters. The van der Waals surface area contributed by atoms with Crippen molar-refractivity contribution >= 4 is 27.5 Å². The zero-order chi connectivity index (χ0) is 20.1. The van der Waals surface area contributed by atoms with Gasteiger partial charge in [-0.05, 0) is 37.8 Å². The van der Waals surface area contributed by atoms with Gasteiger partial charge in [0.15, 0.2) is 14.6 Å². The Hall–Kier alpha value is -2.11. The molecule has 148 valence electrons. The normalized spacial score (nSPS) is 13.8. The number of benzene rings is 1. The van der Waals surface area contributed by atoms with E-state index in [4.69, 9.17) is 9.94 Å². The third-order valence-corrected chi connectivity index (χ3v) is 6.98. The van der Waals surface area contributed by atoms with Gasteiger partial charge in [-0.3, -0.25) is 14.7 Å². The highest BCUT2D eigenvalue weighted by molar-refractivity contribution is 7.98. The minimum absolute atomic E-state index is 0.0718. The lowest BCUT2D eigenvalue weighted by Gasteiger charge is -2.24. The summed E-state index contributed by atoms with van der Waals surface area (Å²) in [7, 11) is -3.75. The second-order valence-electron chi connectivity index (χ2n) is 6.13. The van der Waals surface area contributed by atoms with Gasteiger partial charge in [-0.1, -0.05) is 11.3 Å². The highest BCUT2D eigenvalue weighted by Crippen LogP contribution is 2.23. The van der Waals surface area contributed by atoms with Crippen molar-refractivity contribution in [1.82, 2.24) is 20.5 Å². The van der Waals surface area contributed by atoms with Gasteiger partial charge in [-0.2, -0.15) is 0 Å². The summed E-state index contributed by atoms with van der Waals surface area (Å²) in [5.41, 5.74) is 1.98. The first-order chi connectivity index (χ1) is 12.7. The number of thioether (sulfide) groups is 1. The van der Waals surface area contributed by atoms with Crippen molar-refractivity contribution in [3.8, 4) is 5.75 Å². The van der Waals surface area contributed by atoms with Crippen LogP contribution in [-0.2, 0) is 27.8 Å². The predicted molar refractivity (Wildman–Crippen MR) is 100 cm³/mol. The van der Waals surface area contributed by atoms with Crippen LogP contribution in [0.5, 0.6) is 5.75 Å². The number of amides is 1. The fraction of sp³-hybridized carbons (Fsp3) is 0.438. The summed E-state index contributed by atoms with van der Waals surface area (Å²) in [5.74, 6) is -0.275. The van der Waals surface area contributed by atoms with E-state index in [2.05, 4.69) is 10.3 Å². The highest BCUT2D eigenvalue weighted by atomic mass is 32.2. The van der Waals surface area contributed by atoms with E-state index in [0.717, 1.165) is 11.2 Å². The van der Waals surface area contributed by atoms with Gasteiger partial charge in [0.25, 0.3) is 5.91 Å². The third kappa shape index (κ3) is 5.21. The molecule has 27 heavy (non-hydrogen) atoms. The van der Waals surface area contributed by atoms with Gasteiger partial charge in [-0.25, -0.2) is 13.9 Å². The fourth-order valence-corrected chi connectivity index (χ4v) is 3.57. The van der Waals surface area contributed by atoms with Crippen molar-refractivity contribution in [3.05, 3.63) is 36.2 Å². The lowest BCUT2D eigenvalue weighted by Crippen LogP contribution is -2.49. The molecule has 9 nitrogen and oxygen atoms in total. The number of aromatic nitrogens is 3. The number of hydrogen-bond acceptors (Lipinski definition) is 8. The molecule has 11 heteroatoms. The Labute approximate surface area is 162 Å². The van der Waals surface area contributed by atoms with E-state index < -0.39 is 20.5 Å². The standard InChI is InChI=1S/C16H22N4O5S2/c1-16(15(21)18-22,27(3,23)24)7-8-20-10-12(17-19-20)11-25-13-5-4-6-14(9-13)26-2/h4-6,9-10,22H,7-8,11H2,1-3H3,(H,18,21). The lowest BCUT2D eigenvalue weighted by atomic mass is 10.1. The van der Waals surface area contributed by atoms with Gasteiger partial charge in [-0.15, -0.1) is 16.9 Å². The van der Waals surface area contributed by atoms with Crippen molar-refractivity contribution in [2.45, 2.75) is 36.1 Å². The van der Waals surface area contributed by atoms with Crippen molar-refractivity contribution in [2.75, 3.05) is 12.5 Å². The number of nitrogens with one attached hydrogen (secondary N) is 1. The topological polar surface area (TPSA) is 123 Å². The molecule has 1 heterocycles. The number of carbonyl (C=O) groups excluding carboxylic acids is 1. The molecule has 0 aliphatic carbocycles. The fourth-order valence-electron chi connectivity index (χ4n) is 2.28. The highest BCUT2D eigenvalue weighted by Gasteiger charge is 2.43. The van der Waals surface area contributed by atoms with Crippen LogP contribution in [0.1, 0.15) is 19.0 Å². The van der Waals surface area contributed by atoms with Crippen LogP contribution in [-0.4, -0.2) is 51.8 Å². The Kier molecular flexibility index (Phi) is 6.84. The number of hydrogen-bond donors (Lipinski definition) is 2. The molecular weight excluding hydrogens is 392 g/mol. The Morgan fingerprint density at radius 1 is 1.44 bits per heavy atom. The largest absolute Gasteiger partial charge is 0.487 e. The van der Waals surface area contributed by atoms with E-state index in [0.29, 0.717) is 11.4 Å². The molecule has 1 aromatic heterocycles. The van der Waals surface area contributed by atoms with Crippen molar-refractivity contribution < 1.29 is 23.2 Å². The van der Waals surface area contributed by atoms with E-state index >= 15 is 0 Å². The molecule has 0 fully saturated rings. The predicted octanol–water partition coefficient (Wildman–Crippen LogP) is 1.28. The number of rotatable bonds is 9. The molecule has 1 amide bonds. The minimum atomic E-state index is -3.75. The first kappa shape index (κ1) is 21.2. The van der Waals surface area contributed by atoms with E-state index in [-0.39, 0.29) is 19.6 Å². The smallest absolute Gasteiger partial charge is 0.264 e. The van der Waals surface area contributed by atoms with Crippen LogP contribution in [0.3, 0.4) is 0 Å². The number of hydroxylamine groups is 1. The van der Waals surface area contributed by atoms with E-state index in [1.165, 1.54) is 17.1 Å². The van der Waals surface area contributed by atoms with Crippen LogP contribution < -0.4 is 10.2 Å². The molecule has 0 aliphatic heterocycles. The quantitative estimate of drug-likeness (QED) is 0.357. The summed E-state index contributed by atoms with van der Waals surface area (Å²) < 4.78 is 29.2. The molecule has 1 unspecified atom stereocenters. The Morgan fingerprint density at radius 2 is 2.19 bits per heavy atom. The van der Waals surface area contributed by atoms with Gasteiger partial charge in [0, 0.05) is 17.7 Å². The van der Waals surface area contributed by atoms with Gasteiger partial charge in [0.05, 0.1) is 6.20 Å². The number of carbonyl (C=O) groups is 1. The maximum absolute atomic E-state index is 12.0. The third-order valence-electron chi connectivity index (χ3n) is 4.23. The maximum atomic E-state index is 12.0. The molecule has 0 saturated heterocycles. The molecule has 1 aromatic carbocycles. The zero-order valence-electron chi connectivity index (χ0n) is 15.2. The van der Waals surface area contributed by atoms with Gasteiger partial charge < -0.3 is 4.74 Å². The molecule has 2 N–H and O–H groups in total. The average molecular weight is 415 g/mol. The van der Waals surface area contributed by atoms with Crippen molar-refractivity contribution in [3.63, 3.8) is 0 Å². The molecule has 2 aromatic rings. The number of nitrogens with zero attached hydrogens (tertiary/aromatic N) is 3. The summed E-state index contributed by atoms with van der Waals surface area (Å²) in [6.07, 6.45) is 4.48. The Morgan fingerprint density at radius 3 is 2.81 bits per heavy atom. The molecule has 2 rings (SSSR count). The first-order valence-corrected chi connectivity index (χ1v) is 11.1. The van der Waals surface area contributed by atoms with Crippen LogP contribution in [0, 0.1) is 0 Å². The number of sulfone groups is 1. The number of aryl methyl sites for hydroxylation is 1. The van der Waals surface area contributed by atoms with Crippen molar-refractivity contribution in [2.24, 2.45) is 0 Å². The summed E-state index contributed by atoms with van der Waals surface area (Å²) in [6.45, 7) is 1.60. The maximum Gasteiger partial charge on any atom is 0.264 e. The molecular formula is C16H22N4O5S2. The van der Waals surface area contributed by atoms with Crippen LogP contribution >= 0.6 is 11.8 Å². The minimum Gasteiger partial charge on any atom is -0.487 e. The average Bonchev–Trinajstić information content (AvgIpc) is 3.11. The summed E-state index contributed by atoms with van der Waals surface area (Å²) in [6, 6.07) is 7.64. The molecule has 0 spiro atoms. The van der Waals surface area contributed by atoms with Gasteiger partial charge in [0.1, 0.15) is 18.1 Å². The zero-order valence-corrected chi connectivity index (χ0v) is 16.9. The second-order valence-corrected chi connectivity index (χ2v) is 9.46. The van der Waals surface area contributed by atoms with Crippen LogP contribution in [0.2, 0.25) is 0 Å². The van der Waals surface area contributed by atoms with E-state index in [9.17, 15) is 13.2 Å². The summed E-state index contributed by atoms with van der Waals surface area (Å²) in [4.78, 5) is 12.9. The van der Waals surface area contributed by atoms with Crippen molar-refractivity contribution in [1.29, 1.82) is 0 Å². The monoisotopic (exact) mass is 414 g/mol. The molecule has 0 saturated carbocycles. The van der Waals surface area contributed by atoms with Crippen LogP contribution in [0.25, 0.3) is 0 Å². The lowest BCUT2D eigenvalue weighted by molar-refractivity contribution is -0.131. The molecule has 0 bridgehead atoms. The second kappa shape index (κ2) is 8.72. The van der Waals surface area contributed by atoms with Crippen LogP contribution in [0.15, 0.2) is 35.4 Å². The Bertz CT molecular complexity index is 900. The first-order valence-electron chi connectivity index (χ1n) is 7.99. The number of ether oxygens (including phenoxy) is 1. The van der Waals surface area contributed by atoms with E-state index in [1.807, 2.05) is 30.5 Å². The molecule has 0 radical (unpaired) electrons. The Balaban J connectivity index is 2.00.